The summed E-state index contributed by atoms with van der Waals surface area (Å²) in [4.78, 5) is 14.4. The molecule has 2 unspecified atom stereocenters. The molecule has 4 nitrogen and oxygen atoms in total. The van der Waals surface area contributed by atoms with Crippen LogP contribution in [0.3, 0.4) is 0 Å². The number of para-hydroxylation sites is 2. The highest BCUT2D eigenvalue weighted by Gasteiger charge is 2.36. The van der Waals surface area contributed by atoms with E-state index in [1.165, 1.54) is 6.42 Å². The van der Waals surface area contributed by atoms with Crippen LogP contribution in [0.1, 0.15) is 26.2 Å². The molecule has 102 valence electrons. The van der Waals surface area contributed by atoms with Gasteiger partial charge in [0, 0.05) is 13.1 Å². The molecular weight excluding hydrogens is 242 g/mol. The predicted molar refractivity (Wildman–Crippen MR) is 71.4 cm³/mol. The van der Waals surface area contributed by atoms with Gasteiger partial charge in [0.2, 0.25) is 6.10 Å². The summed E-state index contributed by atoms with van der Waals surface area (Å²) in [5.41, 5.74) is 0. The molecule has 0 bridgehead atoms. The Morgan fingerprint density at radius 1 is 1.11 bits per heavy atom. The maximum atomic E-state index is 12.5. The van der Waals surface area contributed by atoms with Crippen LogP contribution in [-0.4, -0.2) is 36.1 Å². The third-order valence-corrected chi connectivity index (χ3v) is 3.75. The number of fused-ring (bicyclic) bond motifs is 1. The Hall–Kier alpha value is -1.71. The van der Waals surface area contributed by atoms with Crippen molar-refractivity contribution in [3.05, 3.63) is 24.3 Å². The van der Waals surface area contributed by atoms with Gasteiger partial charge in [-0.2, -0.15) is 0 Å². The van der Waals surface area contributed by atoms with E-state index in [4.69, 9.17) is 9.47 Å². The van der Waals surface area contributed by atoms with E-state index in [1.54, 1.807) is 0 Å². The Kier molecular flexibility index (Phi) is 3.32. The fourth-order valence-corrected chi connectivity index (χ4v) is 2.68. The first kappa shape index (κ1) is 12.3. The molecular formula is C15H19NO3. The molecule has 3 rings (SSSR count). The standard InChI is InChI=1S/C15H19NO3/c1-11-14(15(17)16-9-5-2-6-10-16)19-13-8-4-3-7-12(13)18-11/h3-4,7-8,11,14H,2,5-6,9-10H2,1H3. The van der Waals surface area contributed by atoms with Crippen LogP contribution in [0.15, 0.2) is 24.3 Å². The van der Waals surface area contributed by atoms with Gasteiger partial charge in [-0.3, -0.25) is 4.79 Å². The van der Waals surface area contributed by atoms with Crippen LogP contribution < -0.4 is 9.47 Å². The highest BCUT2D eigenvalue weighted by molar-refractivity contribution is 5.82. The summed E-state index contributed by atoms with van der Waals surface area (Å²) in [6.45, 7) is 3.57. The van der Waals surface area contributed by atoms with Crippen LogP contribution in [0.2, 0.25) is 0 Å². The normalized spacial score (nSPS) is 26.1. The van der Waals surface area contributed by atoms with E-state index in [0.717, 1.165) is 31.7 Å². The summed E-state index contributed by atoms with van der Waals surface area (Å²) in [5.74, 6) is 1.44. The van der Waals surface area contributed by atoms with E-state index in [-0.39, 0.29) is 12.0 Å². The zero-order valence-corrected chi connectivity index (χ0v) is 11.2. The molecule has 1 aromatic carbocycles. The molecule has 2 heterocycles. The Bertz CT molecular complexity index is 468. The van der Waals surface area contributed by atoms with Crippen LogP contribution in [0.5, 0.6) is 11.5 Å². The third kappa shape index (κ3) is 2.39. The second-order valence-corrected chi connectivity index (χ2v) is 5.19. The van der Waals surface area contributed by atoms with Crippen LogP contribution in [-0.2, 0) is 4.79 Å². The highest BCUT2D eigenvalue weighted by atomic mass is 16.6. The molecule has 19 heavy (non-hydrogen) atoms. The first-order valence-corrected chi connectivity index (χ1v) is 6.97. The topological polar surface area (TPSA) is 38.8 Å². The fraction of sp³-hybridized carbons (Fsp3) is 0.533. The third-order valence-electron chi connectivity index (χ3n) is 3.75. The van der Waals surface area contributed by atoms with Gasteiger partial charge >= 0.3 is 0 Å². The summed E-state index contributed by atoms with van der Waals surface area (Å²) in [6, 6.07) is 7.51. The van der Waals surface area contributed by atoms with Crippen LogP contribution >= 0.6 is 0 Å². The SMILES string of the molecule is CC1Oc2ccccc2OC1C(=O)N1CCCCC1. The van der Waals surface area contributed by atoms with Gasteiger partial charge in [0.25, 0.3) is 5.91 Å². The van der Waals surface area contributed by atoms with Crippen molar-refractivity contribution < 1.29 is 14.3 Å². The number of carbonyl (C=O) groups excluding carboxylic acids is 1. The minimum atomic E-state index is -0.520. The number of amides is 1. The molecule has 0 saturated carbocycles. The van der Waals surface area contributed by atoms with Crippen LogP contribution in [0.25, 0.3) is 0 Å². The van der Waals surface area contributed by atoms with E-state index in [1.807, 2.05) is 36.1 Å². The van der Waals surface area contributed by atoms with E-state index in [0.29, 0.717) is 5.75 Å². The number of likely N-dealkylation sites (tertiary alicyclic amines) is 1. The van der Waals surface area contributed by atoms with Crippen molar-refractivity contribution in [3.8, 4) is 11.5 Å². The molecule has 0 spiro atoms. The Labute approximate surface area is 113 Å². The molecule has 2 atom stereocenters. The van der Waals surface area contributed by atoms with Gasteiger partial charge in [0.15, 0.2) is 11.5 Å². The first-order chi connectivity index (χ1) is 9.25. The molecule has 2 aliphatic rings. The average Bonchev–Trinajstić information content (AvgIpc) is 2.47. The van der Waals surface area contributed by atoms with E-state index in [2.05, 4.69) is 0 Å². The lowest BCUT2D eigenvalue weighted by molar-refractivity contribution is -0.145. The second kappa shape index (κ2) is 5.11. The van der Waals surface area contributed by atoms with Crippen molar-refractivity contribution >= 4 is 5.91 Å². The van der Waals surface area contributed by atoms with Crippen molar-refractivity contribution in [3.63, 3.8) is 0 Å². The molecule has 1 aromatic rings. The number of rotatable bonds is 1. The first-order valence-electron chi connectivity index (χ1n) is 6.97. The summed E-state index contributed by atoms with van der Waals surface area (Å²) in [7, 11) is 0. The minimum Gasteiger partial charge on any atom is -0.482 e. The zero-order valence-electron chi connectivity index (χ0n) is 11.2. The summed E-state index contributed by atoms with van der Waals surface area (Å²) >= 11 is 0. The van der Waals surface area contributed by atoms with Gasteiger partial charge in [-0.25, -0.2) is 0 Å². The summed E-state index contributed by atoms with van der Waals surface area (Å²) < 4.78 is 11.6. The molecule has 1 amide bonds. The smallest absolute Gasteiger partial charge is 0.267 e. The van der Waals surface area contributed by atoms with Gasteiger partial charge in [-0.15, -0.1) is 0 Å². The van der Waals surface area contributed by atoms with E-state index >= 15 is 0 Å². The molecule has 1 fully saturated rings. The maximum absolute atomic E-state index is 12.5. The largest absolute Gasteiger partial charge is 0.482 e. The number of nitrogens with zero attached hydrogens (tertiary/aromatic N) is 1. The number of hydrogen-bond acceptors (Lipinski definition) is 3. The number of ether oxygens (including phenoxy) is 2. The van der Waals surface area contributed by atoms with Crippen molar-refractivity contribution in [1.29, 1.82) is 0 Å². The Morgan fingerprint density at radius 3 is 2.42 bits per heavy atom. The molecule has 4 heteroatoms. The lowest BCUT2D eigenvalue weighted by Crippen LogP contribution is -2.51. The van der Waals surface area contributed by atoms with Crippen LogP contribution in [0.4, 0.5) is 0 Å². The average molecular weight is 261 g/mol. The maximum Gasteiger partial charge on any atom is 0.267 e. The zero-order chi connectivity index (χ0) is 13.2. The molecule has 0 aliphatic carbocycles. The quantitative estimate of drug-likeness (QED) is 0.778. The Balaban J connectivity index is 1.76. The lowest BCUT2D eigenvalue weighted by atomic mass is 10.1. The summed E-state index contributed by atoms with van der Waals surface area (Å²) in [5, 5.41) is 0. The van der Waals surface area contributed by atoms with Crippen molar-refractivity contribution in [1.82, 2.24) is 4.90 Å². The van der Waals surface area contributed by atoms with E-state index in [9.17, 15) is 4.79 Å². The van der Waals surface area contributed by atoms with Gasteiger partial charge in [0.1, 0.15) is 6.10 Å². The minimum absolute atomic E-state index is 0.0571. The molecule has 2 aliphatic heterocycles. The van der Waals surface area contributed by atoms with Crippen molar-refractivity contribution in [2.75, 3.05) is 13.1 Å². The van der Waals surface area contributed by atoms with Gasteiger partial charge in [0.05, 0.1) is 0 Å². The Morgan fingerprint density at radius 2 is 1.74 bits per heavy atom. The van der Waals surface area contributed by atoms with Gasteiger partial charge in [-0.1, -0.05) is 12.1 Å². The number of carbonyl (C=O) groups is 1. The predicted octanol–water partition coefficient (Wildman–Crippen LogP) is 2.23. The molecule has 0 radical (unpaired) electrons. The van der Waals surface area contributed by atoms with Crippen molar-refractivity contribution in [2.45, 2.75) is 38.4 Å². The monoisotopic (exact) mass is 261 g/mol. The van der Waals surface area contributed by atoms with Gasteiger partial charge in [-0.05, 0) is 38.3 Å². The highest BCUT2D eigenvalue weighted by Crippen LogP contribution is 2.34. The fourth-order valence-electron chi connectivity index (χ4n) is 2.68. The van der Waals surface area contributed by atoms with Crippen molar-refractivity contribution in [2.24, 2.45) is 0 Å². The molecule has 0 N–H and O–H groups in total. The number of hydrogen-bond donors (Lipinski definition) is 0. The number of piperidine rings is 1. The van der Waals surface area contributed by atoms with Gasteiger partial charge < -0.3 is 14.4 Å². The van der Waals surface area contributed by atoms with Crippen LogP contribution in [0, 0.1) is 0 Å². The second-order valence-electron chi connectivity index (χ2n) is 5.19. The molecule has 0 aromatic heterocycles. The summed E-state index contributed by atoms with van der Waals surface area (Å²) in [6.07, 6.45) is 2.62. The number of benzene rings is 1. The lowest BCUT2D eigenvalue weighted by Gasteiger charge is -2.35. The molecule has 1 saturated heterocycles. The van der Waals surface area contributed by atoms with E-state index < -0.39 is 6.10 Å².